The minimum absolute atomic E-state index is 0. The molecule has 0 unspecified atom stereocenters. The first-order valence-corrected chi connectivity index (χ1v) is 3.96. The predicted octanol–water partition coefficient (Wildman–Crippen LogP) is 1.65. The molecule has 0 aromatic heterocycles. The normalized spacial score (nSPS) is 14.8. The molecular formula is C10H12MgO2. The van der Waals surface area contributed by atoms with E-state index in [-0.39, 0.29) is 23.1 Å². The average Bonchev–Trinajstić information content (AvgIpc) is 2.24. The van der Waals surface area contributed by atoms with Gasteiger partial charge in [0, 0.05) is 13.2 Å². The fraction of sp³-hybridized carbons (Fsp3) is 0.300. The molecule has 0 atom stereocenters. The number of ether oxygens (including phenoxy) is 2. The number of hydrogen-bond donors (Lipinski definition) is 0. The summed E-state index contributed by atoms with van der Waals surface area (Å²) >= 11 is 0. The second-order valence-corrected chi connectivity index (χ2v) is 2.27. The molecule has 2 rings (SSSR count). The zero-order chi connectivity index (χ0) is 8.49. The van der Waals surface area contributed by atoms with Crippen LogP contribution in [0.2, 0.25) is 0 Å². The van der Waals surface area contributed by atoms with Crippen molar-refractivity contribution in [1.82, 2.24) is 0 Å². The SMILES string of the molecule is [CH-]1OCCCO1.[Mg+2].[c-]1ccccc1. The van der Waals surface area contributed by atoms with Gasteiger partial charge in [-0.1, -0.05) is 6.79 Å². The smallest absolute Gasteiger partial charge is 0.525 e. The second-order valence-electron chi connectivity index (χ2n) is 2.27. The van der Waals surface area contributed by atoms with E-state index in [2.05, 4.69) is 6.07 Å². The predicted molar refractivity (Wildman–Crippen MR) is 51.9 cm³/mol. The Morgan fingerprint density at radius 1 is 1.00 bits per heavy atom. The first-order valence-electron chi connectivity index (χ1n) is 3.96. The minimum Gasteiger partial charge on any atom is -0.525 e. The van der Waals surface area contributed by atoms with Gasteiger partial charge in [0.1, 0.15) is 0 Å². The summed E-state index contributed by atoms with van der Waals surface area (Å²) < 4.78 is 9.44. The maximum atomic E-state index is 4.72. The summed E-state index contributed by atoms with van der Waals surface area (Å²) in [5, 5.41) is 0. The summed E-state index contributed by atoms with van der Waals surface area (Å²) in [5.74, 6) is 0. The molecule has 1 aliphatic heterocycles. The van der Waals surface area contributed by atoms with Gasteiger partial charge in [-0.25, -0.2) is 0 Å². The monoisotopic (exact) mass is 188 g/mol. The Hall–Kier alpha value is -0.0938. The van der Waals surface area contributed by atoms with Crippen LogP contribution in [0.4, 0.5) is 0 Å². The maximum absolute atomic E-state index is 4.72. The molecule has 0 aliphatic carbocycles. The van der Waals surface area contributed by atoms with Crippen LogP contribution in [-0.2, 0) is 9.47 Å². The standard InChI is InChI=1S/C6H5.C4H7O2.Mg/c1-2-4-6-5-3-1;1-2-5-4-6-3-1;/h1-5H;4H,1-3H2;/q2*-1;+2. The molecule has 0 saturated carbocycles. The zero-order valence-electron chi connectivity index (χ0n) is 7.61. The van der Waals surface area contributed by atoms with E-state index in [1.54, 1.807) is 0 Å². The van der Waals surface area contributed by atoms with E-state index in [0.717, 1.165) is 19.6 Å². The summed E-state index contributed by atoms with van der Waals surface area (Å²) in [6, 6.07) is 12.5. The summed E-state index contributed by atoms with van der Waals surface area (Å²) in [6.45, 7) is 3.03. The van der Waals surface area contributed by atoms with Gasteiger partial charge < -0.3 is 9.47 Å². The van der Waals surface area contributed by atoms with E-state index in [1.807, 2.05) is 30.3 Å². The van der Waals surface area contributed by atoms with Crippen LogP contribution in [0.1, 0.15) is 6.42 Å². The topological polar surface area (TPSA) is 18.5 Å². The molecule has 3 heteroatoms. The van der Waals surface area contributed by atoms with Gasteiger partial charge in [-0.05, 0) is 6.42 Å². The van der Waals surface area contributed by atoms with E-state index in [4.69, 9.17) is 9.47 Å². The Morgan fingerprint density at radius 3 is 1.77 bits per heavy atom. The molecular weight excluding hydrogens is 176 g/mol. The molecule has 66 valence electrons. The van der Waals surface area contributed by atoms with Crippen molar-refractivity contribution in [3.8, 4) is 0 Å². The largest absolute Gasteiger partial charge is 2.00 e. The van der Waals surface area contributed by atoms with Crippen LogP contribution in [0, 0.1) is 12.9 Å². The van der Waals surface area contributed by atoms with Crippen LogP contribution in [-0.4, -0.2) is 36.3 Å². The van der Waals surface area contributed by atoms with Gasteiger partial charge in [0.05, 0.1) is 0 Å². The fourth-order valence-electron chi connectivity index (χ4n) is 0.712. The van der Waals surface area contributed by atoms with Crippen LogP contribution in [0.3, 0.4) is 0 Å². The summed E-state index contributed by atoms with van der Waals surface area (Å²) in [7, 11) is 0. The van der Waals surface area contributed by atoms with Crippen LogP contribution in [0.25, 0.3) is 0 Å². The van der Waals surface area contributed by atoms with Crippen molar-refractivity contribution >= 4 is 23.1 Å². The Morgan fingerprint density at radius 2 is 1.62 bits per heavy atom. The van der Waals surface area contributed by atoms with E-state index in [9.17, 15) is 0 Å². The fourth-order valence-corrected chi connectivity index (χ4v) is 0.712. The van der Waals surface area contributed by atoms with Crippen molar-refractivity contribution in [3.05, 3.63) is 43.2 Å². The number of benzene rings is 1. The summed E-state index contributed by atoms with van der Waals surface area (Å²) in [5.41, 5.74) is 0. The molecule has 0 bridgehead atoms. The summed E-state index contributed by atoms with van der Waals surface area (Å²) in [6.07, 6.45) is 1.02. The Balaban J connectivity index is 0.000000206. The zero-order valence-corrected chi connectivity index (χ0v) is 9.02. The van der Waals surface area contributed by atoms with Crippen molar-refractivity contribution in [1.29, 1.82) is 0 Å². The molecule has 13 heavy (non-hydrogen) atoms. The molecule has 2 nitrogen and oxygen atoms in total. The van der Waals surface area contributed by atoms with Crippen molar-refractivity contribution < 1.29 is 9.47 Å². The molecule has 1 aromatic rings. The minimum atomic E-state index is 0. The van der Waals surface area contributed by atoms with E-state index in [0.29, 0.717) is 0 Å². The van der Waals surface area contributed by atoms with E-state index in [1.165, 1.54) is 6.79 Å². The first kappa shape index (κ1) is 12.9. The van der Waals surface area contributed by atoms with Gasteiger partial charge in [0.25, 0.3) is 0 Å². The average molecular weight is 189 g/mol. The van der Waals surface area contributed by atoms with E-state index >= 15 is 0 Å². The van der Waals surface area contributed by atoms with Crippen LogP contribution in [0.5, 0.6) is 0 Å². The third kappa shape index (κ3) is 8.24. The van der Waals surface area contributed by atoms with Gasteiger partial charge in [0.2, 0.25) is 0 Å². The van der Waals surface area contributed by atoms with Crippen LogP contribution >= 0.6 is 0 Å². The first-order chi connectivity index (χ1) is 6.00. The molecule has 0 radical (unpaired) electrons. The van der Waals surface area contributed by atoms with Crippen molar-refractivity contribution in [3.63, 3.8) is 0 Å². The Kier molecular flexibility index (Phi) is 9.92. The third-order valence-corrected chi connectivity index (χ3v) is 1.27. The van der Waals surface area contributed by atoms with Crippen molar-refractivity contribution in [2.75, 3.05) is 13.2 Å². The van der Waals surface area contributed by atoms with Crippen LogP contribution in [0.15, 0.2) is 30.3 Å². The number of hydrogen-bond acceptors (Lipinski definition) is 2. The molecule has 1 heterocycles. The molecule has 0 amide bonds. The van der Waals surface area contributed by atoms with E-state index < -0.39 is 0 Å². The summed E-state index contributed by atoms with van der Waals surface area (Å²) in [4.78, 5) is 0. The molecule has 1 saturated heterocycles. The van der Waals surface area contributed by atoms with Crippen molar-refractivity contribution in [2.45, 2.75) is 6.42 Å². The van der Waals surface area contributed by atoms with Gasteiger partial charge >= 0.3 is 23.1 Å². The second kappa shape index (κ2) is 9.99. The quantitative estimate of drug-likeness (QED) is 0.455. The maximum Gasteiger partial charge on any atom is 2.00 e. The van der Waals surface area contributed by atoms with Crippen LogP contribution < -0.4 is 0 Å². The molecule has 1 aromatic carbocycles. The molecule has 0 N–H and O–H groups in total. The molecule has 1 aliphatic rings. The molecule has 1 fully saturated rings. The van der Waals surface area contributed by atoms with Gasteiger partial charge in [0.15, 0.2) is 0 Å². The number of rotatable bonds is 0. The van der Waals surface area contributed by atoms with Gasteiger partial charge in [-0.3, -0.25) is 0 Å². The van der Waals surface area contributed by atoms with Gasteiger partial charge in [-0.2, -0.15) is 36.4 Å². The Labute approximate surface area is 95.4 Å². The van der Waals surface area contributed by atoms with Crippen molar-refractivity contribution in [2.24, 2.45) is 0 Å². The molecule has 0 spiro atoms. The Bertz CT molecular complexity index is 137. The van der Waals surface area contributed by atoms with Gasteiger partial charge in [-0.15, -0.1) is 0 Å². The third-order valence-electron chi connectivity index (χ3n) is 1.27.